The van der Waals surface area contributed by atoms with Gasteiger partial charge in [-0.05, 0) is 48.9 Å². The Hall–Kier alpha value is 0.480. The average molecular weight is 271 g/mol. The molecule has 3 rings (SSSR count). The highest BCUT2D eigenvalue weighted by Gasteiger charge is 2.53. The largest absolute Gasteiger partial charge is 0.0922 e. The van der Waals surface area contributed by atoms with Crippen LogP contribution in [0.5, 0.6) is 0 Å². The lowest BCUT2D eigenvalue weighted by Crippen LogP contribution is -2.25. The number of rotatable bonds is 3. The lowest BCUT2D eigenvalue weighted by atomic mass is 9.73. The number of alkyl halides is 1. The summed E-state index contributed by atoms with van der Waals surface area (Å²) in [6, 6.07) is 0. The second-order valence-electron chi connectivity index (χ2n) is 6.51. The minimum atomic E-state index is 0.732. The predicted octanol–water partition coefficient (Wildman–Crippen LogP) is 4.77. The highest BCUT2D eigenvalue weighted by Crippen LogP contribution is 2.62. The van der Waals surface area contributed by atoms with Crippen LogP contribution in [0.2, 0.25) is 0 Å². The van der Waals surface area contributed by atoms with E-state index in [2.05, 4.69) is 15.9 Å². The number of hydrogen-bond acceptors (Lipinski definition) is 0. The third-order valence-corrected chi connectivity index (χ3v) is 6.38. The van der Waals surface area contributed by atoms with Gasteiger partial charge < -0.3 is 0 Å². The molecule has 0 N–H and O–H groups in total. The molecule has 0 aromatic carbocycles. The van der Waals surface area contributed by atoms with Crippen molar-refractivity contribution in [3.05, 3.63) is 0 Å². The molecular formula is C14H23Br. The Kier molecular flexibility index (Phi) is 2.87. The predicted molar refractivity (Wildman–Crippen MR) is 68.3 cm³/mol. The van der Waals surface area contributed by atoms with E-state index < -0.39 is 0 Å². The molecule has 0 aromatic rings. The summed E-state index contributed by atoms with van der Waals surface area (Å²) in [5.41, 5.74) is 0.732. The summed E-state index contributed by atoms with van der Waals surface area (Å²) in [6.45, 7) is 0. The van der Waals surface area contributed by atoms with Gasteiger partial charge in [0.1, 0.15) is 0 Å². The summed E-state index contributed by atoms with van der Waals surface area (Å²) < 4.78 is 0. The van der Waals surface area contributed by atoms with E-state index in [-0.39, 0.29) is 0 Å². The van der Waals surface area contributed by atoms with Crippen LogP contribution in [0.25, 0.3) is 0 Å². The maximum Gasteiger partial charge on any atom is 0.00882 e. The fourth-order valence-corrected chi connectivity index (χ4v) is 5.03. The van der Waals surface area contributed by atoms with Crippen molar-refractivity contribution >= 4 is 15.9 Å². The number of halogens is 1. The van der Waals surface area contributed by atoms with E-state index in [0.717, 1.165) is 23.2 Å². The van der Waals surface area contributed by atoms with Gasteiger partial charge in [0.2, 0.25) is 0 Å². The normalized spacial score (nSPS) is 45.4. The van der Waals surface area contributed by atoms with Crippen LogP contribution in [-0.2, 0) is 0 Å². The van der Waals surface area contributed by atoms with E-state index in [1.165, 1.54) is 37.4 Å². The highest BCUT2D eigenvalue weighted by atomic mass is 79.9. The standard InChI is InChI=1S/C14H23Br/c15-10-14(8-12-6-13(12)9-14)7-11-4-2-1-3-5-11/h11-13H,1-10H2. The van der Waals surface area contributed by atoms with Crippen molar-refractivity contribution in [2.75, 3.05) is 5.33 Å². The van der Waals surface area contributed by atoms with Gasteiger partial charge in [0.15, 0.2) is 0 Å². The van der Waals surface area contributed by atoms with Gasteiger partial charge in [-0.3, -0.25) is 0 Å². The van der Waals surface area contributed by atoms with Crippen LogP contribution in [0.4, 0.5) is 0 Å². The molecule has 0 radical (unpaired) electrons. The van der Waals surface area contributed by atoms with Gasteiger partial charge in [0.05, 0.1) is 0 Å². The zero-order valence-corrected chi connectivity index (χ0v) is 11.3. The molecular weight excluding hydrogens is 248 g/mol. The third-order valence-electron chi connectivity index (χ3n) is 5.19. The Morgan fingerprint density at radius 3 is 2.27 bits per heavy atom. The maximum absolute atomic E-state index is 3.81. The topological polar surface area (TPSA) is 0 Å². The quantitative estimate of drug-likeness (QED) is 0.649. The molecule has 0 spiro atoms. The highest BCUT2D eigenvalue weighted by molar-refractivity contribution is 9.09. The SMILES string of the molecule is BrCC1(CC2CCCCC2)CC2CC2C1. The molecule has 0 heterocycles. The van der Waals surface area contributed by atoms with E-state index in [4.69, 9.17) is 0 Å². The minimum Gasteiger partial charge on any atom is -0.0922 e. The first kappa shape index (κ1) is 10.6. The molecule has 15 heavy (non-hydrogen) atoms. The van der Waals surface area contributed by atoms with Crippen molar-refractivity contribution < 1.29 is 0 Å². The molecule has 3 aliphatic carbocycles. The fraction of sp³-hybridized carbons (Fsp3) is 1.00. The first-order chi connectivity index (χ1) is 7.31. The van der Waals surface area contributed by atoms with E-state index in [9.17, 15) is 0 Å². The molecule has 2 unspecified atom stereocenters. The van der Waals surface area contributed by atoms with E-state index >= 15 is 0 Å². The van der Waals surface area contributed by atoms with Crippen molar-refractivity contribution in [1.29, 1.82) is 0 Å². The Labute approximate surface area is 102 Å². The average Bonchev–Trinajstić information content (AvgIpc) is 2.89. The summed E-state index contributed by atoms with van der Waals surface area (Å²) >= 11 is 3.81. The van der Waals surface area contributed by atoms with Crippen molar-refractivity contribution in [1.82, 2.24) is 0 Å². The molecule has 0 saturated heterocycles. The summed E-state index contributed by atoms with van der Waals surface area (Å²) in [5, 5.41) is 1.28. The van der Waals surface area contributed by atoms with Crippen molar-refractivity contribution in [3.63, 3.8) is 0 Å². The van der Waals surface area contributed by atoms with Crippen molar-refractivity contribution in [2.45, 2.75) is 57.8 Å². The molecule has 0 aromatic heterocycles. The maximum atomic E-state index is 3.81. The van der Waals surface area contributed by atoms with E-state index in [1.54, 1.807) is 25.7 Å². The molecule has 3 saturated carbocycles. The van der Waals surface area contributed by atoms with Gasteiger partial charge in [0, 0.05) is 5.33 Å². The lowest BCUT2D eigenvalue weighted by molar-refractivity contribution is 0.197. The molecule has 86 valence electrons. The molecule has 0 bridgehead atoms. The van der Waals surface area contributed by atoms with Gasteiger partial charge in [-0.25, -0.2) is 0 Å². The number of hydrogen-bond donors (Lipinski definition) is 0. The second-order valence-corrected chi connectivity index (χ2v) is 7.07. The van der Waals surface area contributed by atoms with Crippen LogP contribution in [0, 0.1) is 23.2 Å². The van der Waals surface area contributed by atoms with Crippen molar-refractivity contribution in [2.24, 2.45) is 23.2 Å². The smallest absolute Gasteiger partial charge is 0.00882 e. The van der Waals surface area contributed by atoms with Crippen LogP contribution < -0.4 is 0 Å². The zero-order valence-electron chi connectivity index (χ0n) is 9.68. The van der Waals surface area contributed by atoms with Crippen LogP contribution in [0.3, 0.4) is 0 Å². The monoisotopic (exact) mass is 270 g/mol. The van der Waals surface area contributed by atoms with Gasteiger partial charge in [-0.2, -0.15) is 0 Å². The van der Waals surface area contributed by atoms with Crippen LogP contribution in [-0.4, -0.2) is 5.33 Å². The van der Waals surface area contributed by atoms with Crippen LogP contribution >= 0.6 is 15.9 Å². The Morgan fingerprint density at radius 1 is 1.00 bits per heavy atom. The molecule has 0 nitrogen and oxygen atoms in total. The first-order valence-corrected chi connectivity index (χ1v) is 7.99. The minimum absolute atomic E-state index is 0.732. The molecule has 3 fully saturated rings. The van der Waals surface area contributed by atoms with Gasteiger partial charge in [0.25, 0.3) is 0 Å². The first-order valence-electron chi connectivity index (χ1n) is 6.87. The van der Waals surface area contributed by atoms with E-state index in [1.807, 2.05) is 0 Å². The molecule has 0 amide bonds. The lowest BCUT2D eigenvalue weighted by Gasteiger charge is -2.34. The molecule has 0 aliphatic heterocycles. The van der Waals surface area contributed by atoms with Gasteiger partial charge >= 0.3 is 0 Å². The second kappa shape index (κ2) is 4.05. The number of fused-ring (bicyclic) bond motifs is 1. The Morgan fingerprint density at radius 2 is 1.67 bits per heavy atom. The Balaban J connectivity index is 1.59. The third kappa shape index (κ3) is 2.14. The molecule has 2 atom stereocenters. The Bertz CT molecular complexity index is 219. The fourth-order valence-electron chi connectivity index (χ4n) is 4.34. The summed E-state index contributed by atoms with van der Waals surface area (Å²) in [5.74, 6) is 3.37. The summed E-state index contributed by atoms with van der Waals surface area (Å²) in [6.07, 6.45) is 13.8. The van der Waals surface area contributed by atoms with Crippen LogP contribution in [0.1, 0.15) is 57.8 Å². The summed E-state index contributed by atoms with van der Waals surface area (Å²) in [4.78, 5) is 0. The van der Waals surface area contributed by atoms with Gasteiger partial charge in [-0.15, -0.1) is 0 Å². The molecule has 1 heteroatoms. The molecule has 3 aliphatic rings. The van der Waals surface area contributed by atoms with Gasteiger partial charge in [-0.1, -0.05) is 48.0 Å². The summed E-state index contributed by atoms with van der Waals surface area (Å²) in [7, 11) is 0. The zero-order chi connectivity index (χ0) is 10.3. The van der Waals surface area contributed by atoms with Crippen molar-refractivity contribution in [3.8, 4) is 0 Å². The van der Waals surface area contributed by atoms with E-state index in [0.29, 0.717) is 0 Å². The van der Waals surface area contributed by atoms with Crippen LogP contribution in [0.15, 0.2) is 0 Å².